The van der Waals surface area contributed by atoms with Crippen molar-refractivity contribution < 1.29 is 4.42 Å². The van der Waals surface area contributed by atoms with Gasteiger partial charge in [-0.3, -0.25) is 0 Å². The van der Waals surface area contributed by atoms with E-state index in [1.807, 2.05) is 78.9 Å². The Morgan fingerprint density at radius 3 is 2.17 bits per heavy atom. The van der Waals surface area contributed by atoms with Crippen LogP contribution in [0.1, 0.15) is 22.5 Å². The van der Waals surface area contributed by atoms with E-state index < -0.39 is 0 Å². The van der Waals surface area contributed by atoms with Crippen LogP contribution < -0.4 is 0 Å². The molecule has 0 atom stereocenters. The fraction of sp³-hybridized carbons (Fsp3) is 0.0667. The van der Waals surface area contributed by atoms with Gasteiger partial charge in [-0.2, -0.15) is 5.26 Å². The van der Waals surface area contributed by atoms with Gasteiger partial charge in [-0.25, -0.2) is 4.99 Å². The van der Waals surface area contributed by atoms with E-state index in [0.717, 1.165) is 43.8 Å². The summed E-state index contributed by atoms with van der Waals surface area (Å²) in [7, 11) is 0. The summed E-state index contributed by atoms with van der Waals surface area (Å²) in [6.07, 6.45) is 1.78. The van der Waals surface area contributed by atoms with E-state index in [9.17, 15) is 5.26 Å². The number of rotatable bonds is 5. The van der Waals surface area contributed by atoms with Crippen molar-refractivity contribution in [2.75, 3.05) is 0 Å². The summed E-state index contributed by atoms with van der Waals surface area (Å²) in [5, 5.41) is 10.1. The van der Waals surface area contributed by atoms with Crippen LogP contribution in [0.3, 0.4) is 0 Å². The number of furan rings is 1. The lowest BCUT2D eigenvalue weighted by Crippen LogP contribution is -2.00. The molecule has 5 aromatic rings. The summed E-state index contributed by atoms with van der Waals surface area (Å²) in [5.74, 6) is 0.940. The van der Waals surface area contributed by atoms with Crippen LogP contribution in [-0.2, 0) is 0 Å². The molecule has 0 spiro atoms. The minimum absolute atomic E-state index is 0.302. The highest BCUT2D eigenvalue weighted by Gasteiger charge is 2.22. The van der Waals surface area contributed by atoms with E-state index in [1.165, 1.54) is 0 Å². The number of halogens is 1. The third kappa shape index (κ3) is 4.25. The van der Waals surface area contributed by atoms with Crippen LogP contribution >= 0.6 is 15.9 Å². The standard InChI is InChI=1S/C30H22BrN3O/c1-20-17-24(21(2)34(20)27-16-10-9-15-26(27)31)19-33-30-25(18-32)28(22-11-5-3-6-12-22)29(35-30)23-13-7-4-8-14-23/h3-17,19H,1-2H3. The Balaban J connectivity index is 1.63. The minimum atomic E-state index is 0.302. The molecule has 3 aromatic carbocycles. The maximum atomic E-state index is 10.1. The van der Waals surface area contributed by atoms with Crippen molar-refractivity contribution in [3.63, 3.8) is 0 Å². The van der Waals surface area contributed by atoms with Crippen LogP contribution in [0.4, 0.5) is 5.88 Å². The predicted molar refractivity (Wildman–Crippen MR) is 144 cm³/mol. The van der Waals surface area contributed by atoms with Gasteiger partial charge in [0, 0.05) is 38.8 Å². The van der Waals surface area contributed by atoms with Crippen LogP contribution in [-0.4, -0.2) is 10.8 Å². The Labute approximate surface area is 212 Å². The topological polar surface area (TPSA) is 54.2 Å². The van der Waals surface area contributed by atoms with Crippen LogP contribution in [0.25, 0.3) is 28.1 Å². The number of benzene rings is 3. The summed E-state index contributed by atoms with van der Waals surface area (Å²) in [6, 6.07) is 32.2. The molecule has 5 rings (SSSR count). The first kappa shape index (κ1) is 22.6. The summed E-state index contributed by atoms with van der Waals surface area (Å²) in [4.78, 5) is 4.67. The first-order chi connectivity index (χ1) is 17.1. The molecule has 0 unspecified atom stereocenters. The second kappa shape index (κ2) is 9.61. The molecule has 4 nitrogen and oxygen atoms in total. The normalized spacial score (nSPS) is 11.1. The van der Waals surface area contributed by atoms with Crippen molar-refractivity contribution in [1.82, 2.24) is 4.57 Å². The van der Waals surface area contributed by atoms with E-state index in [1.54, 1.807) is 6.21 Å². The molecular formula is C30H22BrN3O. The van der Waals surface area contributed by atoms with Crippen molar-refractivity contribution in [2.24, 2.45) is 4.99 Å². The van der Waals surface area contributed by atoms with Crippen molar-refractivity contribution >= 4 is 28.0 Å². The molecule has 0 fully saturated rings. The molecule has 0 saturated carbocycles. The van der Waals surface area contributed by atoms with Gasteiger partial charge >= 0.3 is 0 Å². The summed E-state index contributed by atoms with van der Waals surface area (Å²) >= 11 is 3.65. The summed E-state index contributed by atoms with van der Waals surface area (Å²) < 4.78 is 9.45. The van der Waals surface area contributed by atoms with E-state index in [0.29, 0.717) is 17.2 Å². The highest BCUT2D eigenvalue weighted by Crippen LogP contribution is 2.42. The lowest BCUT2D eigenvalue weighted by atomic mass is 9.98. The maximum Gasteiger partial charge on any atom is 0.238 e. The molecule has 2 heterocycles. The Morgan fingerprint density at radius 2 is 1.51 bits per heavy atom. The molecule has 0 amide bonds. The van der Waals surface area contributed by atoms with Gasteiger partial charge in [0.15, 0.2) is 0 Å². The molecular weight excluding hydrogens is 498 g/mol. The molecule has 0 aliphatic carbocycles. The number of hydrogen-bond donors (Lipinski definition) is 0. The van der Waals surface area contributed by atoms with E-state index in [2.05, 4.69) is 57.5 Å². The minimum Gasteiger partial charge on any atom is -0.436 e. The fourth-order valence-corrected chi connectivity index (χ4v) is 4.80. The smallest absolute Gasteiger partial charge is 0.238 e. The molecule has 0 radical (unpaired) electrons. The van der Waals surface area contributed by atoms with Crippen LogP contribution in [0, 0.1) is 25.2 Å². The number of nitrogens with zero attached hydrogens (tertiary/aromatic N) is 3. The molecule has 35 heavy (non-hydrogen) atoms. The molecule has 5 heteroatoms. The largest absolute Gasteiger partial charge is 0.436 e. The lowest BCUT2D eigenvalue weighted by Gasteiger charge is -2.11. The zero-order valence-corrected chi connectivity index (χ0v) is 21.0. The number of aryl methyl sites for hydroxylation is 1. The van der Waals surface area contributed by atoms with Crippen molar-refractivity contribution in [2.45, 2.75) is 13.8 Å². The highest BCUT2D eigenvalue weighted by molar-refractivity contribution is 9.10. The predicted octanol–water partition coefficient (Wildman–Crippen LogP) is 8.41. The van der Waals surface area contributed by atoms with Crippen LogP contribution in [0.5, 0.6) is 0 Å². The third-order valence-corrected chi connectivity index (χ3v) is 6.66. The highest BCUT2D eigenvalue weighted by atomic mass is 79.9. The molecule has 0 saturated heterocycles. The molecule has 170 valence electrons. The summed E-state index contributed by atoms with van der Waals surface area (Å²) in [6.45, 7) is 4.13. The molecule has 0 aliphatic heterocycles. The third-order valence-electron chi connectivity index (χ3n) is 5.98. The first-order valence-electron chi connectivity index (χ1n) is 11.2. The number of aliphatic imine (C=N–C) groups is 1. The first-order valence-corrected chi connectivity index (χ1v) is 12.0. The van der Waals surface area contributed by atoms with Gasteiger partial charge in [-0.15, -0.1) is 0 Å². The van der Waals surface area contributed by atoms with E-state index in [-0.39, 0.29) is 0 Å². The van der Waals surface area contributed by atoms with E-state index >= 15 is 0 Å². The Bertz CT molecular complexity index is 1570. The second-order valence-electron chi connectivity index (χ2n) is 8.20. The SMILES string of the molecule is Cc1cc(C=Nc2oc(-c3ccccc3)c(-c3ccccc3)c2C#N)c(C)n1-c1ccccc1Br. The zero-order valence-electron chi connectivity index (χ0n) is 19.4. The Hall–Kier alpha value is -4.14. The number of hydrogen-bond acceptors (Lipinski definition) is 3. The Kier molecular flexibility index (Phi) is 6.22. The Morgan fingerprint density at radius 1 is 0.886 bits per heavy atom. The van der Waals surface area contributed by atoms with Crippen LogP contribution in [0.2, 0.25) is 0 Å². The van der Waals surface area contributed by atoms with Gasteiger partial charge < -0.3 is 8.98 Å². The molecule has 2 aromatic heterocycles. The van der Waals surface area contributed by atoms with Gasteiger partial charge in [0.25, 0.3) is 0 Å². The molecule has 0 aliphatic rings. The van der Waals surface area contributed by atoms with Crippen molar-refractivity contribution in [3.8, 4) is 34.2 Å². The van der Waals surface area contributed by atoms with Crippen molar-refractivity contribution in [1.29, 1.82) is 5.26 Å². The van der Waals surface area contributed by atoms with Gasteiger partial charge in [-0.1, -0.05) is 72.8 Å². The number of aromatic nitrogens is 1. The molecule has 0 N–H and O–H groups in total. The fourth-order valence-electron chi connectivity index (χ4n) is 4.34. The zero-order chi connectivity index (χ0) is 24.4. The van der Waals surface area contributed by atoms with Gasteiger partial charge in [0.2, 0.25) is 5.88 Å². The maximum absolute atomic E-state index is 10.1. The summed E-state index contributed by atoms with van der Waals surface area (Å²) in [5.41, 5.74) is 7.16. The van der Waals surface area contributed by atoms with Crippen LogP contribution in [0.15, 0.2) is 105 Å². The van der Waals surface area contributed by atoms with Crippen molar-refractivity contribution in [3.05, 3.63) is 118 Å². The van der Waals surface area contributed by atoms with E-state index in [4.69, 9.17) is 4.42 Å². The van der Waals surface area contributed by atoms with Gasteiger partial charge in [0.1, 0.15) is 17.4 Å². The monoisotopic (exact) mass is 519 g/mol. The average molecular weight is 520 g/mol. The number of para-hydroxylation sites is 1. The van der Waals surface area contributed by atoms with Gasteiger partial charge in [0.05, 0.1) is 5.69 Å². The number of nitriles is 1. The quantitative estimate of drug-likeness (QED) is 0.219. The van der Waals surface area contributed by atoms with Gasteiger partial charge in [-0.05, 0) is 53.5 Å². The second-order valence-corrected chi connectivity index (χ2v) is 9.06. The lowest BCUT2D eigenvalue weighted by molar-refractivity contribution is 0.593. The molecule has 0 bridgehead atoms. The average Bonchev–Trinajstić information content (AvgIpc) is 3.40.